The minimum Gasteiger partial charge on any atom is -0.488 e. The fraction of sp³-hybridized carbons (Fsp3) is 0.556. The van der Waals surface area contributed by atoms with Gasteiger partial charge in [-0.2, -0.15) is 0 Å². The number of carboxylic acid groups (broad SMARTS) is 1. The largest absolute Gasteiger partial charge is 0.488 e. The molecule has 138 valence electrons. The number of aryl methyl sites for hydroxylation is 1. The van der Waals surface area contributed by atoms with Crippen LogP contribution >= 0.6 is 11.6 Å². The lowest BCUT2D eigenvalue weighted by atomic mass is 10.1. The molecule has 0 radical (unpaired) electrons. The van der Waals surface area contributed by atoms with Gasteiger partial charge in [0.15, 0.2) is 0 Å². The van der Waals surface area contributed by atoms with Crippen LogP contribution in [0, 0.1) is 0 Å². The van der Waals surface area contributed by atoms with Crippen LogP contribution in [0.2, 0.25) is 5.02 Å². The molecule has 1 aliphatic heterocycles. The number of hydrogen-bond donors (Lipinski definition) is 1. The van der Waals surface area contributed by atoms with Gasteiger partial charge >= 0.3 is 12.1 Å². The Morgan fingerprint density at radius 2 is 2.04 bits per heavy atom. The molecule has 25 heavy (non-hydrogen) atoms. The van der Waals surface area contributed by atoms with Crippen molar-refractivity contribution in [1.29, 1.82) is 0 Å². The molecule has 1 aliphatic rings. The Balaban J connectivity index is 2.14. The van der Waals surface area contributed by atoms with Crippen LogP contribution in [0.1, 0.15) is 39.7 Å². The number of likely N-dealkylation sites (tertiary alicyclic amines) is 1. The van der Waals surface area contributed by atoms with Gasteiger partial charge in [-0.05, 0) is 51.0 Å². The van der Waals surface area contributed by atoms with Gasteiger partial charge in [0, 0.05) is 11.4 Å². The SMILES string of the molecule is CCc1cc(Cl)ccc1O[C@H]1C[C@@H](C(=O)O)N(C(=O)OC(C)(C)C)C1. The molecule has 1 aromatic rings. The number of halogens is 1. The minimum absolute atomic E-state index is 0.164. The van der Waals surface area contributed by atoms with Crippen molar-refractivity contribution in [2.24, 2.45) is 0 Å². The Hall–Kier alpha value is -1.95. The molecule has 0 aliphatic carbocycles. The zero-order valence-corrected chi connectivity index (χ0v) is 15.7. The first-order chi connectivity index (χ1) is 11.6. The van der Waals surface area contributed by atoms with Crippen molar-refractivity contribution in [2.75, 3.05) is 6.54 Å². The van der Waals surface area contributed by atoms with Crippen LogP contribution in [0.15, 0.2) is 18.2 Å². The van der Waals surface area contributed by atoms with Gasteiger partial charge in [-0.3, -0.25) is 4.90 Å². The Kier molecular flexibility index (Phi) is 5.83. The van der Waals surface area contributed by atoms with Crippen molar-refractivity contribution in [1.82, 2.24) is 4.90 Å². The van der Waals surface area contributed by atoms with Gasteiger partial charge in [-0.15, -0.1) is 0 Å². The van der Waals surface area contributed by atoms with Crippen molar-refractivity contribution in [3.8, 4) is 5.75 Å². The van der Waals surface area contributed by atoms with Gasteiger partial charge in [-0.1, -0.05) is 18.5 Å². The van der Waals surface area contributed by atoms with E-state index >= 15 is 0 Å². The second-order valence-electron chi connectivity index (χ2n) is 7.07. The van der Waals surface area contributed by atoms with E-state index in [1.165, 1.54) is 4.90 Å². The Morgan fingerprint density at radius 3 is 2.60 bits per heavy atom. The molecule has 0 saturated carbocycles. The van der Waals surface area contributed by atoms with Gasteiger partial charge in [0.25, 0.3) is 0 Å². The maximum absolute atomic E-state index is 12.3. The second-order valence-corrected chi connectivity index (χ2v) is 7.50. The molecule has 7 heteroatoms. The molecule has 2 rings (SSSR count). The van der Waals surface area contributed by atoms with Crippen molar-refractivity contribution < 1.29 is 24.2 Å². The van der Waals surface area contributed by atoms with E-state index in [0.717, 1.165) is 12.0 Å². The van der Waals surface area contributed by atoms with Crippen LogP contribution < -0.4 is 4.74 Å². The fourth-order valence-electron chi connectivity index (χ4n) is 2.76. The van der Waals surface area contributed by atoms with E-state index in [1.807, 2.05) is 13.0 Å². The van der Waals surface area contributed by atoms with Crippen molar-refractivity contribution in [2.45, 2.75) is 58.3 Å². The molecule has 2 atom stereocenters. The highest BCUT2D eigenvalue weighted by Gasteiger charge is 2.42. The summed E-state index contributed by atoms with van der Waals surface area (Å²) in [5.74, 6) is -0.407. The summed E-state index contributed by atoms with van der Waals surface area (Å²) in [4.78, 5) is 25.1. The molecular formula is C18H24ClNO5. The first-order valence-electron chi connectivity index (χ1n) is 8.28. The van der Waals surface area contributed by atoms with Gasteiger partial charge in [-0.25, -0.2) is 9.59 Å². The average Bonchev–Trinajstić information content (AvgIpc) is 2.91. The zero-order chi connectivity index (χ0) is 18.8. The first kappa shape index (κ1) is 19.4. The predicted octanol–water partition coefficient (Wildman–Crippen LogP) is 3.74. The molecule has 1 aromatic carbocycles. The highest BCUT2D eigenvalue weighted by molar-refractivity contribution is 6.30. The molecule has 1 saturated heterocycles. The fourth-order valence-corrected chi connectivity index (χ4v) is 2.95. The molecule has 1 amide bonds. The van der Waals surface area contributed by atoms with Crippen molar-refractivity contribution in [3.63, 3.8) is 0 Å². The van der Waals surface area contributed by atoms with Gasteiger partial charge in [0.2, 0.25) is 0 Å². The van der Waals surface area contributed by atoms with E-state index in [1.54, 1.807) is 32.9 Å². The smallest absolute Gasteiger partial charge is 0.411 e. The second kappa shape index (κ2) is 7.52. The highest BCUT2D eigenvalue weighted by atomic mass is 35.5. The number of carboxylic acids is 1. The standard InChI is InChI=1S/C18H24ClNO5/c1-5-11-8-12(19)6-7-15(11)24-13-9-14(16(21)22)20(10-13)17(23)25-18(2,3)4/h6-8,13-14H,5,9-10H2,1-4H3,(H,21,22)/t13-,14-/m0/s1. The molecule has 0 spiro atoms. The van der Waals surface area contributed by atoms with Crippen LogP contribution in [0.4, 0.5) is 4.79 Å². The molecule has 0 aromatic heterocycles. The molecule has 1 heterocycles. The minimum atomic E-state index is -1.07. The maximum Gasteiger partial charge on any atom is 0.411 e. The Bertz CT molecular complexity index is 655. The van der Waals surface area contributed by atoms with Crippen LogP contribution in [0.5, 0.6) is 5.75 Å². The molecule has 0 bridgehead atoms. The van der Waals surface area contributed by atoms with Crippen LogP contribution in [-0.4, -0.2) is 46.4 Å². The topological polar surface area (TPSA) is 76.1 Å². The van der Waals surface area contributed by atoms with Gasteiger partial charge in [0.1, 0.15) is 23.5 Å². The molecule has 1 N–H and O–H groups in total. The number of benzene rings is 1. The molecule has 6 nitrogen and oxygen atoms in total. The van der Waals surface area contributed by atoms with Crippen molar-refractivity contribution >= 4 is 23.7 Å². The normalized spacial score (nSPS) is 20.4. The van der Waals surface area contributed by atoms with Crippen LogP contribution in [0.25, 0.3) is 0 Å². The summed E-state index contributed by atoms with van der Waals surface area (Å²) in [6, 6.07) is 4.36. The third-order valence-electron chi connectivity index (χ3n) is 3.87. The van der Waals surface area contributed by atoms with E-state index in [9.17, 15) is 14.7 Å². The van der Waals surface area contributed by atoms with E-state index < -0.39 is 29.8 Å². The summed E-state index contributed by atoms with van der Waals surface area (Å²) in [6.07, 6.45) is -0.112. The summed E-state index contributed by atoms with van der Waals surface area (Å²) in [7, 11) is 0. The monoisotopic (exact) mass is 369 g/mol. The number of amides is 1. The lowest BCUT2D eigenvalue weighted by molar-refractivity contribution is -0.142. The summed E-state index contributed by atoms with van der Waals surface area (Å²) in [5.41, 5.74) is 0.250. The molecule has 1 fully saturated rings. The van der Waals surface area contributed by atoms with E-state index in [-0.39, 0.29) is 13.0 Å². The zero-order valence-electron chi connectivity index (χ0n) is 14.9. The average molecular weight is 370 g/mol. The molecular weight excluding hydrogens is 346 g/mol. The Morgan fingerprint density at radius 1 is 1.36 bits per heavy atom. The summed E-state index contributed by atoms with van der Waals surface area (Å²) < 4.78 is 11.3. The number of hydrogen-bond acceptors (Lipinski definition) is 4. The van der Waals surface area contributed by atoms with E-state index in [4.69, 9.17) is 21.1 Å². The third-order valence-corrected chi connectivity index (χ3v) is 4.11. The highest BCUT2D eigenvalue weighted by Crippen LogP contribution is 2.29. The number of nitrogens with zero attached hydrogens (tertiary/aromatic N) is 1. The third kappa shape index (κ3) is 5.01. The maximum atomic E-state index is 12.3. The van der Waals surface area contributed by atoms with Crippen LogP contribution in [-0.2, 0) is 16.0 Å². The first-order valence-corrected chi connectivity index (χ1v) is 8.66. The molecule has 0 unspecified atom stereocenters. The number of carbonyl (C=O) groups is 2. The summed E-state index contributed by atoms with van der Waals surface area (Å²) >= 11 is 6.00. The number of aliphatic carboxylic acids is 1. The number of rotatable bonds is 4. The van der Waals surface area contributed by atoms with Gasteiger partial charge in [0.05, 0.1) is 6.54 Å². The predicted molar refractivity (Wildman–Crippen MR) is 94.2 cm³/mol. The summed E-state index contributed by atoms with van der Waals surface area (Å²) in [5, 5.41) is 10.0. The van der Waals surface area contributed by atoms with E-state index in [2.05, 4.69) is 0 Å². The number of ether oxygens (including phenoxy) is 2. The lowest BCUT2D eigenvalue weighted by Crippen LogP contribution is -2.43. The quantitative estimate of drug-likeness (QED) is 0.874. The van der Waals surface area contributed by atoms with Gasteiger partial charge < -0.3 is 14.6 Å². The lowest BCUT2D eigenvalue weighted by Gasteiger charge is -2.26. The summed E-state index contributed by atoms with van der Waals surface area (Å²) in [6.45, 7) is 7.38. The van der Waals surface area contributed by atoms with Crippen LogP contribution in [0.3, 0.4) is 0 Å². The Labute approximate surface area is 152 Å². The van der Waals surface area contributed by atoms with Crippen molar-refractivity contribution in [3.05, 3.63) is 28.8 Å². The number of carbonyl (C=O) groups excluding carboxylic acids is 1. The van der Waals surface area contributed by atoms with E-state index in [0.29, 0.717) is 10.8 Å².